The summed E-state index contributed by atoms with van der Waals surface area (Å²) in [6.07, 6.45) is -0.635. The van der Waals surface area contributed by atoms with E-state index >= 15 is 0 Å². The summed E-state index contributed by atoms with van der Waals surface area (Å²) < 4.78 is 46.6. The van der Waals surface area contributed by atoms with Crippen LogP contribution in [0.5, 0.6) is 0 Å². The van der Waals surface area contributed by atoms with Crippen LogP contribution in [0.2, 0.25) is 0 Å². The number of carboxylic acid groups (broad SMARTS) is 1. The van der Waals surface area contributed by atoms with Gasteiger partial charge in [0.1, 0.15) is 17.7 Å². The van der Waals surface area contributed by atoms with Crippen molar-refractivity contribution in [3.8, 4) is 21.6 Å². The number of anilines is 1. The molecule has 4 aromatic rings. The third kappa shape index (κ3) is 5.02. The van der Waals surface area contributed by atoms with Crippen molar-refractivity contribution in [1.82, 2.24) is 0 Å². The van der Waals surface area contributed by atoms with Crippen molar-refractivity contribution in [3.63, 3.8) is 0 Å². The van der Waals surface area contributed by atoms with Crippen molar-refractivity contribution >= 4 is 29.1 Å². The minimum absolute atomic E-state index is 0.0113. The Morgan fingerprint density at radius 3 is 2.11 bits per heavy atom. The van der Waals surface area contributed by atoms with Gasteiger partial charge in [-0.15, -0.1) is 11.3 Å². The molecule has 0 aliphatic heterocycles. The van der Waals surface area contributed by atoms with E-state index in [9.17, 15) is 27.9 Å². The summed E-state index contributed by atoms with van der Waals surface area (Å²) in [4.78, 5) is 24.5. The van der Waals surface area contributed by atoms with Gasteiger partial charge in [-0.2, -0.15) is 4.39 Å². The Morgan fingerprint density at radius 1 is 0.921 bits per heavy atom. The molecule has 1 heterocycles. The molecule has 1 aliphatic carbocycles. The summed E-state index contributed by atoms with van der Waals surface area (Å²) in [7, 11) is 0. The Kier molecular flexibility index (Phi) is 6.71. The summed E-state index contributed by atoms with van der Waals surface area (Å²) >= 11 is 0.851. The lowest BCUT2D eigenvalue weighted by molar-refractivity contribution is -0.140. The zero-order chi connectivity index (χ0) is 27.0. The SMILES string of the molecule is C[C@@H](OC(=O)Nc1cc(F)sc1-c1ccc(-c2ccc(C3(C(=O)O)CC3)cc2)cc1)c1ccc(F)cc1F. The van der Waals surface area contributed by atoms with Crippen molar-refractivity contribution in [3.05, 3.63) is 101 Å². The van der Waals surface area contributed by atoms with E-state index in [0.29, 0.717) is 29.3 Å². The number of carbonyl (C=O) groups excluding carboxylic acids is 1. The number of ether oxygens (including phenoxy) is 1. The molecule has 1 saturated carbocycles. The van der Waals surface area contributed by atoms with Gasteiger partial charge in [0.15, 0.2) is 5.13 Å². The van der Waals surface area contributed by atoms with Crippen LogP contribution in [0.15, 0.2) is 72.8 Å². The van der Waals surface area contributed by atoms with E-state index in [-0.39, 0.29) is 11.3 Å². The van der Waals surface area contributed by atoms with Crippen molar-refractivity contribution in [2.45, 2.75) is 31.3 Å². The molecule has 5 rings (SSSR count). The summed E-state index contributed by atoms with van der Waals surface area (Å²) in [5.74, 6) is -2.38. The number of thiophene rings is 1. The second kappa shape index (κ2) is 9.98. The third-order valence-corrected chi connectivity index (χ3v) is 7.67. The van der Waals surface area contributed by atoms with Crippen LogP contribution < -0.4 is 5.32 Å². The van der Waals surface area contributed by atoms with E-state index in [4.69, 9.17) is 4.74 Å². The van der Waals surface area contributed by atoms with Gasteiger partial charge in [-0.05, 0) is 54.2 Å². The maximum absolute atomic E-state index is 14.2. The Bertz CT molecular complexity index is 1510. The number of aliphatic carboxylic acids is 1. The van der Waals surface area contributed by atoms with E-state index in [1.807, 2.05) is 36.4 Å². The number of benzene rings is 3. The first-order chi connectivity index (χ1) is 18.2. The number of halogens is 3. The molecular weight excluding hydrogens is 515 g/mol. The number of hydrogen-bond donors (Lipinski definition) is 2. The smallest absolute Gasteiger partial charge is 0.412 e. The number of amides is 1. The molecule has 1 aromatic heterocycles. The average Bonchev–Trinajstić information content (AvgIpc) is 3.62. The molecule has 0 spiro atoms. The molecule has 3 aromatic carbocycles. The van der Waals surface area contributed by atoms with E-state index in [0.717, 1.165) is 34.1 Å². The fourth-order valence-corrected chi connectivity index (χ4v) is 5.26. The number of hydrogen-bond acceptors (Lipinski definition) is 4. The lowest BCUT2D eigenvalue weighted by atomic mass is 9.93. The Morgan fingerprint density at radius 2 is 1.53 bits per heavy atom. The van der Waals surface area contributed by atoms with E-state index in [2.05, 4.69) is 5.32 Å². The molecular formula is C29H22F3NO4S. The normalized spacial score (nSPS) is 14.5. The van der Waals surface area contributed by atoms with Gasteiger partial charge in [-0.25, -0.2) is 13.6 Å². The fourth-order valence-electron chi connectivity index (χ4n) is 4.41. The average molecular weight is 538 g/mol. The molecule has 9 heteroatoms. The molecule has 2 N–H and O–H groups in total. The van der Waals surface area contributed by atoms with Gasteiger partial charge in [0.2, 0.25) is 0 Å². The Balaban J connectivity index is 1.30. The van der Waals surface area contributed by atoms with Crippen molar-refractivity contribution in [2.75, 3.05) is 5.32 Å². The number of carboxylic acids is 1. The van der Waals surface area contributed by atoms with Crippen molar-refractivity contribution in [1.29, 1.82) is 0 Å². The predicted molar refractivity (Wildman–Crippen MR) is 139 cm³/mol. The highest BCUT2D eigenvalue weighted by molar-refractivity contribution is 7.14. The molecule has 1 atom stereocenters. The first-order valence-electron chi connectivity index (χ1n) is 11.8. The molecule has 194 valence electrons. The van der Waals surface area contributed by atoms with Gasteiger partial charge in [0.05, 0.1) is 16.0 Å². The molecule has 0 unspecified atom stereocenters. The second-order valence-corrected chi connectivity index (χ2v) is 10.2. The Hall–Kier alpha value is -4.11. The minimum Gasteiger partial charge on any atom is -0.481 e. The molecule has 5 nitrogen and oxygen atoms in total. The van der Waals surface area contributed by atoms with Crippen LogP contribution in [0.25, 0.3) is 21.6 Å². The molecule has 1 amide bonds. The highest BCUT2D eigenvalue weighted by Crippen LogP contribution is 2.48. The quantitative estimate of drug-likeness (QED) is 0.251. The van der Waals surface area contributed by atoms with Gasteiger partial charge in [0, 0.05) is 17.7 Å². The number of nitrogens with one attached hydrogen (secondary N) is 1. The topological polar surface area (TPSA) is 75.6 Å². The monoisotopic (exact) mass is 537 g/mol. The lowest BCUT2D eigenvalue weighted by Crippen LogP contribution is -2.19. The first-order valence-corrected chi connectivity index (χ1v) is 12.6. The van der Waals surface area contributed by atoms with Crippen LogP contribution in [-0.2, 0) is 14.9 Å². The molecule has 0 bridgehead atoms. The Labute approximate surface area is 220 Å². The van der Waals surface area contributed by atoms with Gasteiger partial charge >= 0.3 is 12.1 Å². The summed E-state index contributed by atoms with van der Waals surface area (Å²) in [5.41, 5.74) is 2.70. The number of carbonyl (C=O) groups is 2. The molecule has 0 saturated heterocycles. The zero-order valence-electron chi connectivity index (χ0n) is 20.1. The molecule has 1 aliphatic rings. The lowest BCUT2D eigenvalue weighted by Gasteiger charge is -2.15. The predicted octanol–water partition coefficient (Wildman–Crippen LogP) is 7.93. The van der Waals surface area contributed by atoms with Gasteiger partial charge in [0.25, 0.3) is 0 Å². The molecule has 38 heavy (non-hydrogen) atoms. The third-order valence-electron chi connectivity index (χ3n) is 6.70. The van der Waals surface area contributed by atoms with Crippen LogP contribution in [0, 0.1) is 16.8 Å². The zero-order valence-corrected chi connectivity index (χ0v) is 21.0. The van der Waals surface area contributed by atoms with Crippen LogP contribution in [0.4, 0.5) is 23.7 Å². The van der Waals surface area contributed by atoms with E-state index in [1.165, 1.54) is 19.1 Å². The van der Waals surface area contributed by atoms with Crippen molar-refractivity contribution < 1.29 is 32.6 Å². The summed E-state index contributed by atoms with van der Waals surface area (Å²) in [5, 5.41) is 11.5. The highest BCUT2D eigenvalue weighted by atomic mass is 32.1. The highest BCUT2D eigenvalue weighted by Gasteiger charge is 2.51. The van der Waals surface area contributed by atoms with Crippen LogP contribution in [0.3, 0.4) is 0 Å². The van der Waals surface area contributed by atoms with E-state index in [1.54, 1.807) is 12.1 Å². The van der Waals surface area contributed by atoms with Gasteiger partial charge in [-0.1, -0.05) is 48.5 Å². The largest absolute Gasteiger partial charge is 0.481 e. The summed E-state index contributed by atoms with van der Waals surface area (Å²) in [6.45, 7) is 1.45. The van der Waals surface area contributed by atoms with E-state index < -0.39 is 40.3 Å². The fraction of sp³-hybridized carbons (Fsp3) is 0.172. The number of rotatable bonds is 7. The molecule has 0 radical (unpaired) electrons. The van der Waals surface area contributed by atoms with Crippen LogP contribution in [0.1, 0.15) is 37.0 Å². The maximum Gasteiger partial charge on any atom is 0.412 e. The van der Waals surface area contributed by atoms with Gasteiger partial charge in [-0.3, -0.25) is 10.1 Å². The standard InChI is InChI=1S/C29H22F3NO4S/c1-16(22-11-10-21(30)14-23(22)31)37-28(36)33-24-15-25(32)38-26(24)19-4-2-17(3-5-19)18-6-8-20(9-7-18)29(12-13-29)27(34)35/h2-11,14-16H,12-13H2,1H3,(H,33,36)(H,34,35)/t16-/m1/s1. The van der Waals surface area contributed by atoms with Gasteiger partial charge < -0.3 is 9.84 Å². The second-order valence-electron chi connectivity index (χ2n) is 9.17. The summed E-state index contributed by atoms with van der Waals surface area (Å²) in [6, 6.07) is 18.9. The maximum atomic E-state index is 14.2. The van der Waals surface area contributed by atoms with Crippen molar-refractivity contribution in [2.24, 2.45) is 0 Å². The van der Waals surface area contributed by atoms with Crippen LogP contribution in [-0.4, -0.2) is 17.2 Å². The molecule has 1 fully saturated rings. The minimum atomic E-state index is -1.00. The first kappa shape index (κ1) is 25.5. The van der Waals surface area contributed by atoms with Crippen LogP contribution >= 0.6 is 11.3 Å².